The number of aliphatic imine (C=N–C) groups is 1. The fourth-order valence-corrected chi connectivity index (χ4v) is 4.26. The number of thiophene rings is 1. The van der Waals surface area contributed by atoms with Crippen LogP contribution in [0.2, 0.25) is 0 Å². The van der Waals surface area contributed by atoms with Crippen LogP contribution in [0.4, 0.5) is 0 Å². The van der Waals surface area contributed by atoms with Crippen molar-refractivity contribution in [1.29, 1.82) is 0 Å². The Kier molecular flexibility index (Phi) is 6.71. The summed E-state index contributed by atoms with van der Waals surface area (Å²) in [5.41, 5.74) is 0. The number of nitrogens with one attached hydrogen (secondary N) is 2. The highest BCUT2D eigenvalue weighted by molar-refractivity contribution is 9.11. The van der Waals surface area contributed by atoms with Crippen molar-refractivity contribution in [2.24, 2.45) is 10.9 Å². The summed E-state index contributed by atoms with van der Waals surface area (Å²) in [5, 5.41) is 7.01. The van der Waals surface area contributed by atoms with Gasteiger partial charge in [0, 0.05) is 43.6 Å². The summed E-state index contributed by atoms with van der Waals surface area (Å²) in [7, 11) is 1.84. The van der Waals surface area contributed by atoms with Crippen LogP contribution >= 0.6 is 27.3 Å². The molecule has 2 heterocycles. The highest BCUT2D eigenvalue weighted by atomic mass is 79.9. The number of nitrogens with zero attached hydrogens (tertiary/aromatic N) is 2. The van der Waals surface area contributed by atoms with E-state index < -0.39 is 0 Å². The summed E-state index contributed by atoms with van der Waals surface area (Å²) in [5.74, 6) is 1.56. The number of hydrogen-bond donors (Lipinski definition) is 2. The van der Waals surface area contributed by atoms with E-state index in [9.17, 15) is 0 Å². The maximum Gasteiger partial charge on any atom is 0.191 e. The van der Waals surface area contributed by atoms with E-state index in [-0.39, 0.29) is 0 Å². The van der Waals surface area contributed by atoms with E-state index in [1.54, 1.807) is 11.3 Å². The minimum Gasteiger partial charge on any atom is -0.356 e. The lowest BCUT2D eigenvalue weighted by atomic mass is 10.1. The average molecular weight is 387 g/mol. The summed E-state index contributed by atoms with van der Waals surface area (Å²) in [6.07, 6.45) is 1.02. The molecular formula is C16H27BrN4S. The summed E-state index contributed by atoms with van der Waals surface area (Å²) < 4.78 is 1.19. The highest BCUT2D eigenvalue weighted by Gasteiger charge is 2.31. The SMILES string of the molecule is CN=C(NCCc1ccc(Br)s1)NC1CN(C(C)C)CC1C. The van der Waals surface area contributed by atoms with E-state index in [4.69, 9.17) is 0 Å². The van der Waals surface area contributed by atoms with Crippen LogP contribution in [0.15, 0.2) is 20.9 Å². The first-order valence-corrected chi connectivity index (χ1v) is 9.56. The van der Waals surface area contributed by atoms with Gasteiger partial charge in [0.1, 0.15) is 0 Å². The van der Waals surface area contributed by atoms with Crippen molar-refractivity contribution in [3.63, 3.8) is 0 Å². The summed E-state index contributed by atoms with van der Waals surface area (Å²) >= 11 is 5.30. The van der Waals surface area contributed by atoms with E-state index in [0.717, 1.165) is 32.0 Å². The first-order chi connectivity index (χ1) is 10.5. The minimum atomic E-state index is 0.476. The smallest absolute Gasteiger partial charge is 0.191 e. The molecule has 1 saturated heterocycles. The third-order valence-electron chi connectivity index (χ3n) is 4.21. The van der Waals surface area contributed by atoms with E-state index in [0.29, 0.717) is 18.0 Å². The molecule has 0 spiro atoms. The summed E-state index contributed by atoms with van der Waals surface area (Å²) in [6.45, 7) is 10.0. The predicted molar refractivity (Wildman–Crippen MR) is 99.9 cm³/mol. The molecule has 1 aromatic heterocycles. The van der Waals surface area contributed by atoms with Gasteiger partial charge in [-0.15, -0.1) is 11.3 Å². The minimum absolute atomic E-state index is 0.476. The molecule has 0 radical (unpaired) electrons. The Balaban J connectivity index is 1.77. The van der Waals surface area contributed by atoms with Gasteiger partial charge in [0.25, 0.3) is 0 Å². The average Bonchev–Trinajstić information content (AvgIpc) is 3.04. The topological polar surface area (TPSA) is 39.7 Å². The molecule has 4 nitrogen and oxygen atoms in total. The normalized spacial score (nSPS) is 23.3. The highest BCUT2D eigenvalue weighted by Crippen LogP contribution is 2.22. The molecule has 2 N–H and O–H groups in total. The molecule has 2 rings (SSSR count). The summed E-state index contributed by atoms with van der Waals surface area (Å²) in [4.78, 5) is 8.27. The molecule has 0 saturated carbocycles. The Morgan fingerprint density at radius 3 is 2.77 bits per heavy atom. The zero-order valence-electron chi connectivity index (χ0n) is 13.9. The van der Waals surface area contributed by atoms with Gasteiger partial charge >= 0.3 is 0 Å². The van der Waals surface area contributed by atoms with Crippen LogP contribution in [0, 0.1) is 5.92 Å². The van der Waals surface area contributed by atoms with Crippen LogP contribution < -0.4 is 10.6 Å². The third kappa shape index (κ3) is 4.96. The largest absolute Gasteiger partial charge is 0.356 e. The maximum atomic E-state index is 4.36. The molecule has 0 bridgehead atoms. The first kappa shape index (κ1) is 17.8. The summed E-state index contributed by atoms with van der Waals surface area (Å²) in [6, 6.07) is 5.37. The van der Waals surface area contributed by atoms with Gasteiger partial charge < -0.3 is 10.6 Å². The van der Waals surface area contributed by atoms with Gasteiger partial charge in [0.05, 0.1) is 3.79 Å². The Hall–Kier alpha value is -0.590. The molecule has 2 atom stereocenters. The van der Waals surface area contributed by atoms with Gasteiger partial charge in [-0.2, -0.15) is 0 Å². The van der Waals surface area contributed by atoms with Gasteiger partial charge in [-0.25, -0.2) is 0 Å². The molecular weight excluding hydrogens is 360 g/mol. The van der Waals surface area contributed by atoms with Crippen molar-refractivity contribution < 1.29 is 0 Å². The fourth-order valence-electron chi connectivity index (χ4n) is 2.77. The third-order valence-corrected chi connectivity index (χ3v) is 5.89. The molecule has 1 aliphatic rings. The van der Waals surface area contributed by atoms with E-state index in [1.165, 1.54) is 8.66 Å². The van der Waals surface area contributed by atoms with Crippen molar-refractivity contribution in [3.8, 4) is 0 Å². The number of halogens is 1. The Labute approximate surface area is 146 Å². The number of likely N-dealkylation sites (tertiary alicyclic amines) is 1. The van der Waals surface area contributed by atoms with Crippen LogP contribution in [-0.2, 0) is 6.42 Å². The monoisotopic (exact) mass is 386 g/mol. The lowest BCUT2D eigenvalue weighted by Crippen LogP contribution is -2.47. The number of hydrogen-bond acceptors (Lipinski definition) is 3. The van der Waals surface area contributed by atoms with Gasteiger partial charge in [0.15, 0.2) is 5.96 Å². The fraction of sp³-hybridized carbons (Fsp3) is 0.688. The number of guanidine groups is 1. The van der Waals surface area contributed by atoms with Crippen LogP contribution in [0.3, 0.4) is 0 Å². The molecule has 0 aliphatic carbocycles. The first-order valence-electron chi connectivity index (χ1n) is 7.95. The Morgan fingerprint density at radius 1 is 1.45 bits per heavy atom. The maximum absolute atomic E-state index is 4.36. The second-order valence-corrected chi connectivity index (χ2v) is 8.78. The second kappa shape index (κ2) is 8.31. The van der Waals surface area contributed by atoms with Gasteiger partial charge in [-0.1, -0.05) is 6.92 Å². The van der Waals surface area contributed by atoms with Crippen LogP contribution in [-0.4, -0.2) is 49.6 Å². The lowest BCUT2D eigenvalue weighted by molar-refractivity contribution is 0.265. The lowest BCUT2D eigenvalue weighted by Gasteiger charge is -2.21. The predicted octanol–water partition coefficient (Wildman–Crippen LogP) is 2.95. The van der Waals surface area contributed by atoms with Crippen molar-refractivity contribution in [2.75, 3.05) is 26.7 Å². The van der Waals surface area contributed by atoms with Crippen molar-refractivity contribution in [1.82, 2.24) is 15.5 Å². The quantitative estimate of drug-likeness (QED) is 0.603. The van der Waals surface area contributed by atoms with Crippen LogP contribution in [0.25, 0.3) is 0 Å². The van der Waals surface area contributed by atoms with E-state index in [1.807, 2.05) is 7.05 Å². The van der Waals surface area contributed by atoms with Crippen LogP contribution in [0.5, 0.6) is 0 Å². The zero-order valence-corrected chi connectivity index (χ0v) is 16.3. The second-order valence-electron chi connectivity index (χ2n) is 6.23. The van der Waals surface area contributed by atoms with Gasteiger partial charge in [-0.05, 0) is 54.2 Å². The van der Waals surface area contributed by atoms with Gasteiger partial charge in [0.2, 0.25) is 0 Å². The van der Waals surface area contributed by atoms with E-state index >= 15 is 0 Å². The molecule has 22 heavy (non-hydrogen) atoms. The number of rotatable bonds is 5. The van der Waals surface area contributed by atoms with Crippen LogP contribution in [0.1, 0.15) is 25.6 Å². The molecule has 2 unspecified atom stereocenters. The Bertz CT molecular complexity index is 500. The van der Waals surface area contributed by atoms with Crippen molar-refractivity contribution >= 4 is 33.2 Å². The molecule has 1 aliphatic heterocycles. The molecule has 0 aromatic carbocycles. The standard InChI is InChI=1S/C16H27BrN4S/c1-11(2)21-9-12(3)14(10-21)20-16(18-4)19-8-7-13-5-6-15(17)22-13/h5-6,11-12,14H,7-10H2,1-4H3,(H2,18,19,20). The molecule has 124 valence electrons. The Morgan fingerprint density at radius 2 is 2.23 bits per heavy atom. The molecule has 0 amide bonds. The molecule has 6 heteroatoms. The van der Waals surface area contributed by atoms with Crippen molar-refractivity contribution in [3.05, 3.63) is 20.8 Å². The van der Waals surface area contributed by atoms with Gasteiger partial charge in [-0.3, -0.25) is 9.89 Å². The van der Waals surface area contributed by atoms with Crippen molar-refractivity contribution in [2.45, 2.75) is 39.3 Å². The van der Waals surface area contributed by atoms with E-state index in [2.05, 4.69) is 69.4 Å². The molecule has 1 fully saturated rings. The molecule has 1 aromatic rings. The zero-order chi connectivity index (χ0) is 16.1.